The number of nitrogens with one attached hydrogen (secondary N) is 3. The van der Waals surface area contributed by atoms with E-state index in [4.69, 9.17) is 19.3 Å². The molecular formula is C76H98N5O19S2+. The van der Waals surface area contributed by atoms with Crippen molar-refractivity contribution >= 4 is 78.7 Å². The normalized spacial score (nSPS) is 16.6. The molecule has 0 fully saturated rings. The topological polar surface area (TPSA) is 359 Å². The number of aliphatic carboxylic acids is 3. The fourth-order valence-electron chi connectivity index (χ4n) is 13.0. The van der Waals surface area contributed by atoms with E-state index in [1.165, 1.54) is 23.4 Å². The van der Waals surface area contributed by atoms with E-state index in [2.05, 4.69) is 77.7 Å². The molecule has 7 rings (SSSR count). The minimum Gasteiger partial charge on any atom is -0.481 e. The lowest BCUT2D eigenvalue weighted by molar-refractivity contribution is -0.438. The van der Waals surface area contributed by atoms with Gasteiger partial charge < -0.3 is 50.4 Å². The molecule has 26 heteroatoms. The second kappa shape index (κ2) is 38.0. The van der Waals surface area contributed by atoms with Gasteiger partial charge >= 0.3 is 23.9 Å². The number of nitrogens with zero attached hydrogens (tertiary/aromatic N) is 2. The number of carbonyl (C=O) groups is 7. The Balaban J connectivity index is 1.03. The monoisotopic (exact) mass is 1450 g/mol. The molecule has 24 nitrogen and oxygen atoms in total. The highest BCUT2D eigenvalue weighted by Gasteiger charge is 2.45. The van der Waals surface area contributed by atoms with E-state index in [9.17, 15) is 69.7 Å². The van der Waals surface area contributed by atoms with Crippen molar-refractivity contribution < 1.29 is 93.6 Å². The fourth-order valence-corrected chi connectivity index (χ4v) is 14.1. The van der Waals surface area contributed by atoms with Crippen LogP contribution in [0.1, 0.15) is 160 Å². The number of rotatable bonds is 43. The van der Waals surface area contributed by atoms with Crippen LogP contribution in [0.15, 0.2) is 149 Å². The molecule has 0 unspecified atom stereocenters. The fraction of sp³-hybridized carbons (Fsp3) is 0.474. The summed E-state index contributed by atoms with van der Waals surface area (Å²) in [6, 6.07) is 25.8. The van der Waals surface area contributed by atoms with Gasteiger partial charge in [0.2, 0.25) is 11.6 Å². The molecule has 0 radical (unpaired) electrons. The molecule has 0 aromatic heterocycles. The van der Waals surface area contributed by atoms with Crippen LogP contribution in [-0.2, 0) is 82.1 Å². The number of fused-ring (bicyclic) bond motifs is 2. The molecule has 0 spiro atoms. The molecule has 0 bridgehead atoms. The molecule has 2 aliphatic heterocycles. The Morgan fingerprint density at radius 1 is 0.667 bits per heavy atom. The number of allylic oxidation sites excluding steroid dienone is 7. The third-order valence-electron chi connectivity index (χ3n) is 18.5. The summed E-state index contributed by atoms with van der Waals surface area (Å²) in [4.78, 5) is 89.3. The van der Waals surface area contributed by atoms with Gasteiger partial charge in [-0.1, -0.05) is 93.9 Å². The van der Waals surface area contributed by atoms with Crippen LogP contribution in [-0.4, -0.2) is 157 Å². The second-order valence-corrected chi connectivity index (χ2v) is 30.0. The summed E-state index contributed by atoms with van der Waals surface area (Å²) in [6.45, 7) is 12.2. The zero-order valence-corrected chi connectivity index (χ0v) is 60.5. The first kappa shape index (κ1) is 80.6. The van der Waals surface area contributed by atoms with Gasteiger partial charge in [-0.25, -0.2) is 9.59 Å². The Hall–Kier alpha value is -8.66. The van der Waals surface area contributed by atoms with E-state index < -0.39 is 91.5 Å². The lowest BCUT2D eigenvalue weighted by Gasteiger charge is -2.27. The molecule has 552 valence electrons. The first-order valence-electron chi connectivity index (χ1n) is 34.9. The molecule has 3 amide bonds. The summed E-state index contributed by atoms with van der Waals surface area (Å²) in [7, 11) is -8.80. The zero-order chi connectivity index (χ0) is 74.2. The summed E-state index contributed by atoms with van der Waals surface area (Å²) in [5, 5.41) is 36.3. The van der Waals surface area contributed by atoms with Gasteiger partial charge in [-0.05, 0) is 155 Å². The Labute approximate surface area is 597 Å². The minimum absolute atomic E-state index is 0.0186. The SMILES string of the molecule is CCCCC[N+]1=C(/C=C/C2=C(Oc3ccc(C[C@H](CC(=O)[C@H](Cc4ccccc4)NC(=O)CCOCCOCCCC(=O)CC[C@H](NC(=O)NCCCC(=O)O)C(=O)O)C(=O)O)cc3)C(=C/C=C3/N(CCCCS(=O)(=O)O)c4ccc(S(=O)(=O)O)cc4C3(C)C)/CCC2)C(C)(C)c2ccccc21. The molecular weight excluding hydrogens is 1350 g/mol. The van der Waals surface area contributed by atoms with Crippen molar-refractivity contribution in [3.05, 3.63) is 166 Å². The number of urea groups is 1. The van der Waals surface area contributed by atoms with E-state index in [0.29, 0.717) is 60.6 Å². The average molecular weight is 1450 g/mol. The number of para-hydroxylation sites is 1. The highest BCUT2D eigenvalue weighted by Crippen LogP contribution is 2.49. The number of anilines is 1. The van der Waals surface area contributed by atoms with Crippen LogP contribution in [0.5, 0.6) is 5.75 Å². The summed E-state index contributed by atoms with van der Waals surface area (Å²) in [6.07, 6.45) is 13.8. The number of amides is 3. The van der Waals surface area contributed by atoms with Gasteiger partial charge in [0.15, 0.2) is 11.5 Å². The van der Waals surface area contributed by atoms with Crippen LogP contribution in [0.25, 0.3) is 0 Å². The van der Waals surface area contributed by atoms with Gasteiger partial charge in [0.25, 0.3) is 20.2 Å². The lowest BCUT2D eigenvalue weighted by atomic mass is 9.81. The third kappa shape index (κ3) is 24.0. The average Bonchev–Trinajstić information content (AvgIpc) is 1.59. The standard InChI is InChI=1S/C76H97N5O19S2/c1-6-7-13-41-80-64-25-12-11-24-60(64)75(2,3)67(80)37-29-54-21-16-22-55(30-38-68-76(4,5)61-51-59(102(95,96)97)34-36-65(61)81(68)42-14-15-47-101(92,93)94)71(54)100-58-32-27-53(28-33-58)48-56(72(87)88)50-66(83)63(49-52-19-9-8-10-20-52)78-69(84)39-44-99-46-45-98-43-18-23-57(82)31-35-62(73(89)90)79-74(91)77-40-17-26-70(85)86/h8-12,19-20,24-25,27-30,32-34,36-38,51,56,62-63H,6-7,13-18,21-23,26,31,35,39-50H2,1-5H3,(H7-,77,78,79,84,85,86,87,88,89,90,91,92,93,94,95,96,97)/p+1/t56-,62+,63+/m1/s1. The predicted octanol–water partition coefficient (Wildman–Crippen LogP) is 10.9. The molecule has 4 aromatic carbocycles. The van der Waals surface area contributed by atoms with E-state index in [-0.39, 0.29) is 107 Å². The van der Waals surface area contributed by atoms with Crippen molar-refractivity contribution in [3.8, 4) is 5.75 Å². The largest absolute Gasteiger partial charge is 0.481 e. The number of carbonyl (C=O) groups excluding carboxylic acids is 4. The maximum Gasteiger partial charge on any atom is 0.326 e. The van der Waals surface area contributed by atoms with Crippen molar-refractivity contribution in [2.75, 3.05) is 56.7 Å². The smallest absolute Gasteiger partial charge is 0.326 e. The van der Waals surface area contributed by atoms with Gasteiger partial charge in [0.1, 0.15) is 29.9 Å². The number of carboxylic acids is 3. The number of unbranched alkanes of at least 4 members (excludes halogenated alkanes) is 3. The maximum atomic E-state index is 14.2. The number of benzene rings is 4. The van der Waals surface area contributed by atoms with Gasteiger partial charge in [-0.2, -0.15) is 21.4 Å². The molecule has 2 heterocycles. The quantitative estimate of drug-likeness (QED) is 0.0116. The predicted molar refractivity (Wildman–Crippen MR) is 385 cm³/mol. The van der Waals surface area contributed by atoms with E-state index >= 15 is 0 Å². The van der Waals surface area contributed by atoms with Crippen LogP contribution in [0.4, 0.5) is 16.2 Å². The van der Waals surface area contributed by atoms with Crippen LogP contribution in [0.3, 0.4) is 0 Å². The third-order valence-corrected chi connectivity index (χ3v) is 20.2. The molecule has 0 saturated carbocycles. The van der Waals surface area contributed by atoms with Crippen molar-refractivity contribution in [3.63, 3.8) is 0 Å². The number of ketones is 2. The van der Waals surface area contributed by atoms with E-state index in [1.807, 2.05) is 49.1 Å². The molecule has 102 heavy (non-hydrogen) atoms. The molecule has 1 aliphatic carbocycles. The summed E-state index contributed by atoms with van der Waals surface area (Å²) in [5.74, 6) is -5.27. The first-order valence-corrected chi connectivity index (χ1v) is 38.0. The number of hydrogen-bond donors (Lipinski definition) is 8. The molecule has 3 atom stereocenters. The van der Waals surface area contributed by atoms with Crippen molar-refractivity contribution in [1.82, 2.24) is 16.0 Å². The van der Waals surface area contributed by atoms with Crippen molar-refractivity contribution in [1.29, 1.82) is 0 Å². The Morgan fingerprint density at radius 2 is 1.37 bits per heavy atom. The molecule has 4 aromatic rings. The van der Waals surface area contributed by atoms with Crippen LogP contribution >= 0.6 is 0 Å². The number of hydrogen-bond acceptors (Lipinski definition) is 15. The van der Waals surface area contributed by atoms with Crippen LogP contribution in [0.2, 0.25) is 0 Å². The lowest BCUT2D eigenvalue weighted by Crippen LogP contribution is -2.46. The summed E-state index contributed by atoms with van der Waals surface area (Å²) < 4.78 is 88.7. The molecule has 3 aliphatic rings. The first-order chi connectivity index (χ1) is 48.5. The number of carboxylic acid groups (broad SMARTS) is 3. The summed E-state index contributed by atoms with van der Waals surface area (Å²) >= 11 is 0. The van der Waals surface area contributed by atoms with Crippen LogP contribution < -0.4 is 25.6 Å². The second-order valence-electron chi connectivity index (χ2n) is 27.0. The molecule has 0 saturated heterocycles. The molecule has 8 N–H and O–H groups in total. The number of Topliss-reactive ketones (excluding diaryl/α,β-unsaturated/α-hetero) is 2. The Morgan fingerprint density at radius 3 is 2.06 bits per heavy atom. The van der Waals surface area contributed by atoms with E-state index in [1.54, 1.807) is 42.5 Å². The van der Waals surface area contributed by atoms with Crippen LogP contribution in [0, 0.1) is 5.92 Å². The van der Waals surface area contributed by atoms with Gasteiger partial charge in [-0.3, -0.25) is 33.1 Å². The zero-order valence-electron chi connectivity index (χ0n) is 58.8. The Bertz CT molecular complexity index is 4030. The van der Waals surface area contributed by atoms with Crippen molar-refractivity contribution in [2.24, 2.45) is 5.92 Å². The van der Waals surface area contributed by atoms with Crippen molar-refractivity contribution in [2.45, 2.75) is 178 Å². The Kier molecular flexibility index (Phi) is 30.1. The number of ether oxygens (including phenoxy) is 3. The van der Waals surface area contributed by atoms with E-state index in [0.717, 1.165) is 60.3 Å². The highest BCUT2D eigenvalue weighted by molar-refractivity contribution is 7.86. The van der Waals surface area contributed by atoms with Gasteiger partial charge in [-0.15, -0.1) is 0 Å². The van der Waals surface area contributed by atoms with Gasteiger partial charge in [0, 0.05) is 92.7 Å². The minimum atomic E-state index is -4.57. The highest BCUT2D eigenvalue weighted by atomic mass is 32.2. The van der Waals surface area contributed by atoms with Gasteiger partial charge in [0.05, 0.1) is 47.8 Å². The summed E-state index contributed by atoms with van der Waals surface area (Å²) in [5.41, 5.74) is 7.62. The maximum absolute atomic E-state index is 14.2.